The van der Waals surface area contributed by atoms with E-state index >= 15 is 0 Å². The van der Waals surface area contributed by atoms with Gasteiger partial charge in [-0.2, -0.15) is 9.36 Å². The Morgan fingerprint density at radius 1 is 0.571 bits per heavy atom. The largest absolute Gasteiger partial charge is 2.00 e. The molecule has 27 heteroatoms. The maximum Gasteiger partial charge on any atom is 2.00 e. The maximum atomic E-state index is 12.9. The Bertz CT molecular complexity index is 2790. The number of rotatable bonds is 26. The number of aliphatic carboxylic acids is 2. The van der Waals surface area contributed by atoms with Crippen LogP contribution in [0, 0.1) is 11.8 Å². The van der Waals surface area contributed by atoms with Crippen LogP contribution in [-0.4, -0.2) is 144 Å². The first-order chi connectivity index (χ1) is 36.0. The molecule has 4 aromatic carbocycles. The Kier molecular flexibility index (Phi) is 24.8. The molecule has 4 N–H and O–H groups in total. The molecule has 0 bridgehead atoms. The number of carboxylic acids is 2. The summed E-state index contributed by atoms with van der Waals surface area (Å²) in [6, 6.07) is 27.2. The molecular weight excluding hydrogens is 1070 g/mol. The van der Waals surface area contributed by atoms with E-state index in [1.807, 2.05) is 86.6 Å². The van der Waals surface area contributed by atoms with Crippen LogP contribution in [0.25, 0.3) is 45.0 Å². The van der Waals surface area contributed by atoms with E-state index in [0.29, 0.717) is 24.0 Å². The van der Waals surface area contributed by atoms with Crippen LogP contribution in [0.15, 0.2) is 97.1 Å². The Morgan fingerprint density at radius 3 is 1.18 bits per heavy atom. The molecule has 0 spiro atoms. The number of phosphoric ester groups is 2. The van der Waals surface area contributed by atoms with Crippen molar-refractivity contribution < 1.29 is 67.1 Å². The van der Waals surface area contributed by atoms with Crippen molar-refractivity contribution in [3.05, 3.63) is 108 Å². The molecule has 2 aromatic heterocycles. The van der Waals surface area contributed by atoms with Crippen molar-refractivity contribution in [1.29, 1.82) is 0 Å². The molecule has 0 aliphatic carbocycles. The minimum Gasteiger partial charge on any atom is -0.756 e. The third-order valence-electron chi connectivity index (χ3n) is 11.9. The van der Waals surface area contributed by atoms with Gasteiger partial charge in [0.15, 0.2) is 25.1 Å². The topological polar surface area (TPSA) is 342 Å². The van der Waals surface area contributed by atoms with E-state index in [-0.39, 0.29) is 99.0 Å². The number of carboxylic acid groups (broad SMARTS) is 2. The molecule has 77 heavy (non-hydrogen) atoms. The van der Waals surface area contributed by atoms with Gasteiger partial charge < -0.3 is 39.6 Å². The Morgan fingerprint density at radius 2 is 0.896 bits per heavy atom. The van der Waals surface area contributed by atoms with Crippen LogP contribution in [0.4, 0.5) is 0 Å². The van der Waals surface area contributed by atoms with Crippen molar-refractivity contribution in [2.45, 2.75) is 119 Å². The number of carbonyl (C=O) groups is 4. The van der Waals surface area contributed by atoms with E-state index in [1.54, 1.807) is 52.0 Å². The van der Waals surface area contributed by atoms with E-state index in [0.717, 1.165) is 55.6 Å². The Balaban J connectivity index is 0.000000328. The van der Waals surface area contributed by atoms with Gasteiger partial charge in [0.1, 0.15) is 12.1 Å². The normalized spacial score (nSPS) is 13.6. The molecule has 2 amide bonds. The van der Waals surface area contributed by atoms with Gasteiger partial charge in [-0.1, -0.05) is 151 Å². The third-order valence-corrected chi connectivity index (χ3v) is 12.8. The Labute approximate surface area is 475 Å². The van der Waals surface area contributed by atoms with Crippen LogP contribution in [0.3, 0.4) is 0 Å². The van der Waals surface area contributed by atoms with Gasteiger partial charge in [0.25, 0.3) is 15.6 Å². The number of aromatic nitrogens is 8. The van der Waals surface area contributed by atoms with Gasteiger partial charge in [-0.15, -0.1) is 10.2 Å². The zero-order valence-electron chi connectivity index (χ0n) is 43.6. The van der Waals surface area contributed by atoms with E-state index in [9.17, 15) is 48.3 Å². The van der Waals surface area contributed by atoms with E-state index < -0.39 is 53.1 Å². The van der Waals surface area contributed by atoms with Crippen molar-refractivity contribution in [1.82, 2.24) is 50.2 Å². The van der Waals surface area contributed by atoms with Crippen molar-refractivity contribution in [2.75, 3.05) is 0 Å². The monoisotopic (exact) mass is 1130 g/mol. The number of tetrazole rings is 2. The van der Waals surface area contributed by atoms with Crippen LogP contribution < -0.4 is 9.79 Å². The van der Waals surface area contributed by atoms with Gasteiger partial charge in [0.2, 0.25) is 11.8 Å². The Hall–Kier alpha value is -5.62. The van der Waals surface area contributed by atoms with Gasteiger partial charge in [0.05, 0.1) is 0 Å². The maximum absolute atomic E-state index is 12.9. The first-order valence-electron chi connectivity index (χ1n) is 24.3. The summed E-state index contributed by atoms with van der Waals surface area (Å²) in [7, 11) is -9.94. The van der Waals surface area contributed by atoms with Gasteiger partial charge in [0, 0.05) is 37.1 Å². The number of carbonyl (C=O) groups excluding carboxylic acids is 2. The molecule has 0 aliphatic heterocycles. The van der Waals surface area contributed by atoms with Crippen LogP contribution in [0.1, 0.15) is 91.2 Å². The van der Waals surface area contributed by atoms with Gasteiger partial charge in [-0.05, 0) is 78.9 Å². The third kappa shape index (κ3) is 18.8. The summed E-state index contributed by atoms with van der Waals surface area (Å²) in [5.41, 5.74) is 5.80. The fraction of sp³-hybridized carbons (Fsp3) is 0.400. The van der Waals surface area contributed by atoms with E-state index in [1.165, 1.54) is 9.80 Å². The molecule has 0 saturated heterocycles. The SMILES string of the molecule is CCCCC(=O)N(Cc1ccc(-c2ccccc2-c2nnnn2COP(=O)([O-])O)cc1)[C@H](C(=O)O)C(C)C.CCCCC(=O)N(Cc1ccc(-c2ccccc2-c2nnnn2COP(=O)([O-])O)cc1)[C@H](C(=O)O)C(C)C.[Ca+2]. The van der Waals surface area contributed by atoms with E-state index in [4.69, 9.17) is 9.79 Å². The van der Waals surface area contributed by atoms with Gasteiger partial charge in [-0.3, -0.25) is 27.8 Å². The smallest absolute Gasteiger partial charge is 0.756 e. The van der Waals surface area contributed by atoms with Crippen LogP contribution >= 0.6 is 15.6 Å². The molecule has 0 saturated carbocycles. The van der Waals surface area contributed by atoms with Crippen molar-refractivity contribution >= 4 is 77.1 Å². The minimum absolute atomic E-state index is 0. The molecule has 2 unspecified atom stereocenters. The molecule has 2 heterocycles. The summed E-state index contributed by atoms with van der Waals surface area (Å²) in [6.45, 7) is 10.2. The summed E-state index contributed by atoms with van der Waals surface area (Å²) < 4.78 is 33.1. The molecule has 6 aromatic rings. The molecular formula is C50H62CaN10O14P2. The zero-order valence-corrected chi connectivity index (χ0v) is 47.6. The number of nitrogens with zero attached hydrogens (tertiary/aromatic N) is 10. The minimum atomic E-state index is -4.97. The number of amides is 2. The second kappa shape index (κ2) is 29.9. The quantitative estimate of drug-likeness (QED) is 0.0370. The number of hydrogen-bond acceptors (Lipinski definition) is 16. The number of phosphoric acid groups is 2. The molecule has 6 rings (SSSR count). The average molecular weight is 1130 g/mol. The van der Waals surface area contributed by atoms with Crippen molar-refractivity contribution in [3.8, 4) is 45.0 Å². The molecule has 0 radical (unpaired) electrons. The predicted molar refractivity (Wildman–Crippen MR) is 278 cm³/mol. The van der Waals surface area contributed by atoms with Crippen LogP contribution in [-0.2, 0) is 63.9 Å². The molecule has 4 atom stereocenters. The van der Waals surface area contributed by atoms with E-state index in [2.05, 4.69) is 40.1 Å². The van der Waals surface area contributed by atoms with Crippen molar-refractivity contribution in [3.63, 3.8) is 0 Å². The molecule has 24 nitrogen and oxygen atoms in total. The summed E-state index contributed by atoms with van der Waals surface area (Å²) in [6.07, 6.45) is 3.61. The molecule has 0 fully saturated rings. The average Bonchev–Trinajstić information content (AvgIpc) is 4.06. The molecule has 408 valence electrons. The zero-order chi connectivity index (χ0) is 55.7. The standard InChI is InChI=1S/2C25H32N5O7P.Ca/c2*1-4-5-10-22(31)29(23(17(2)3)25(32)33)15-18-11-13-19(14-12-18)20-8-6-7-9-21(20)24-26-27-28-30(24)16-37-38(34,35)36;/h2*6-9,11-14,17,23H,4-5,10,15-16H2,1-3H3,(H,32,33)(H2,34,35,36);/q;;+2/p-2/t2*23-;/m00./s1. The molecule has 0 aliphatic rings. The van der Waals surface area contributed by atoms with Gasteiger partial charge >= 0.3 is 49.7 Å². The summed E-state index contributed by atoms with van der Waals surface area (Å²) in [5.74, 6) is -2.53. The summed E-state index contributed by atoms with van der Waals surface area (Å²) in [5, 5.41) is 42.2. The number of unbranched alkanes of at least 4 members (excludes halogenated alkanes) is 2. The van der Waals surface area contributed by atoms with Crippen LogP contribution in [0.2, 0.25) is 0 Å². The first-order valence-corrected chi connectivity index (χ1v) is 27.3. The fourth-order valence-electron chi connectivity index (χ4n) is 8.24. The second-order valence-electron chi connectivity index (χ2n) is 18.2. The fourth-order valence-corrected chi connectivity index (χ4v) is 8.75. The first kappa shape index (κ1) is 63.9. The summed E-state index contributed by atoms with van der Waals surface area (Å²) >= 11 is 0. The number of hydrogen-bond donors (Lipinski definition) is 4. The second-order valence-corrected chi connectivity index (χ2v) is 20.6. The number of benzene rings is 4. The predicted octanol–water partition coefficient (Wildman–Crippen LogP) is 5.76. The van der Waals surface area contributed by atoms with Crippen LogP contribution in [0.5, 0.6) is 0 Å². The van der Waals surface area contributed by atoms with Gasteiger partial charge in [-0.25, -0.2) is 9.59 Å². The summed E-state index contributed by atoms with van der Waals surface area (Å²) in [4.78, 5) is 92.6. The van der Waals surface area contributed by atoms with Crippen molar-refractivity contribution in [2.24, 2.45) is 11.8 Å².